The Kier molecular flexibility index (Phi) is 5.48. The van der Waals surface area contributed by atoms with Crippen LogP contribution in [0.15, 0.2) is 18.2 Å². The van der Waals surface area contributed by atoms with Gasteiger partial charge in [-0.15, -0.1) is 0 Å². The van der Waals surface area contributed by atoms with E-state index >= 15 is 0 Å². The zero-order valence-corrected chi connectivity index (χ0v) is 11.9. The van der Waals surface area contributed by atoms with Crippen LogP contribution in [-0.4, -0.2) is 11.9 Å². The van der Waals surface area contributed by atoms with Gasteiger partial charge in [0.1, 0.15) is 0 Å². The highest BCUT2D eigenvalue weighted by Crippen LogP contribution is 2.22. The minimum Gasteiger partial charge on any atom is -0.397 e. The second-order valence-corrected chi connectivity index (χ2v) is 5.23. The average molecular weight is 269 g/mol. The summed E-state index contributed by atoms with van der Waals surface area (Å²) in [6.45, 7) is 6.33. The summed E-state index contributed by atoms with van der Waals surface area (Å²) in [6, 6.07) is 5.22. The highest BCUT2D eigenvalue weighted by Gasteiger charge is 2.15. The van der Waals surface area contributed by atoms with Crippen molar-refractivity contribution >= 4 is 23.2 Å². The van der Waals surface area contributed by atoms with Crippen molar-refractivity contribution in [2.45, 2.75) is 39.7 Å². The Hall–Kier alpha value is -1.22. The maximum atomic E-state index is 12.0. The molecule has 3 nitrogen and oxygen atoms in total. The summed E-state index contributed by atoms with van der Waals surface area (Å²) in [6.07, 6.45) is 2.07. The van der Waals surface area contributed by atoms with E-state index in [2.05, 4.69) is 19.2 Å². The number of anilines is 1. The molecule has 0 heterocycles. The van der Waals surface area contributed by atoms with Crippen LogP contribution in [0, 0.1) is 5.92 Å². The summed E-state index contributed by atoms with van der Waals surface area (Å²) in [5.74, 6) is 0.433. The van der Waals surface area contributed by atoms with Gasteiger partial charge in [0, 0.05) is 6.04 Å². The molecule has 1 aromatic rings. The van der Waals surface area contributed by atoms with Crippen molar-refractivity contribution in [3.05, 3.63) is 28.8 Å². The molecule has 18 heavy (non-hydrogen) atoms. The van der Waals surface area contributed by atoms with E-state index < -0.39 is 0 Å². The van der Waals surface area contributed by atoms with Gasteiger partial charge in [-0.25, -0.2) is 0 Å². The number of hydrogen-bond acceptors (Lipinski definition) is 2. The largest absolute Gasteiger partial charge is 0.397 e. The average Bonchev–Trinajstić information content (AvgIpc) is 2.32. The molecule has 3 N–H and O–H groups in total. The number of hydrogen-bond donors (Lipinski definition) is 2. The van der Waals surface area contributed by atoms with Gasteiger partial charge in [-0.1, -0.05) is 37.9 Å². The topological polar surface area (TPSA) is 55.1 Å². The first kappa shape index (κ1) is 14.8. The third-order valence-corrected chi connectivity index (χ3v) is 3.46. The van der Waals surface area contributed by atoms with Crippen LogP contribution >= 0.6 is 11.6 Å². The normalized spacial score (nSPS) is 14.0. The van der Waals surface area contributed by atoms with Crippen molar-refractivity contribution in [2.24, 2.45) is 5.92 Å². The van der Waals surface area contributed by atoms with Crippen LogP contribution in [0.5, 0.6) is 0 Å². The monoisotopic (exact) mass is 268 g/mol. The zero-order chi connectivity index (χ0) is 13.7. The fraction of sp³-hybridized carbons (Fsp3) is 0.500. The number of carbonyl (C=O) groups is 1. The van der Waals surface area contributed by atoms with E-state index in [0.717, 1.165) is 12.8 Å². The molecule has 0 saturated carbocycles. The summed E-state index contributed by atoms with van der Waals surface area (Å²) in [5.41, 5.74) is 6.58. The molecule has 0 spiro atoms. The molecule has 2 unspecified atom stereocenters. The Morgan fingerprint density at radius 3 is 2.72 bits per heavy atom. The quantitative estimate of drug-likeness (QED) is 0.804. The second-order valence-electron chi connectivity index (χ2n) is 4.82. The molecule has 0 aliphatic rings. The summed E-state index contributed by atoms with van der Waals surface area (Å²) in [7, 11) is 0. The molecule has 1 rings (SSSR count). The Bertz CT molecular complexity index is 420. The predicted octanol–water partition coefficient (Wildman–Crippen LogP) is 3.48. The Morgan fingerprint density at radius 1 is 1.44 bits per heavy atom. The predicted molar refractivity (Wildman–Crippen MR) is 76.9 cm³/mol. The lowest BCUT2D eigenvalue weighted by molar-refractivity contribution is 0.0936. The first-order valence-corrected chi connectivity index (χ1v) is 6.68. The van der Waals surface area contributed by atoms with Gasteiger partial charge in [0.15, 0.2) is 0 Å². The third-order valence-electron chi connectivity index (χ3n) is 3.13. The van der Waals surface area contributed by atoms with Crippen LogP contribution < -0.4 is 11.1 Å². The number of nitrogens with one attached hydrogen (secondary N) is 1. The molecular weight excluding hydrogens is 248 g/mol. The number of amides is 1. The van der Waals surface area contributed by atoms with Crippen molar-refractivity contribution in [2.75, 3.05) is 5.73 Å². The summed E-state index contributed by atoms with van der Waals surface area (Å²) in [5, 5.41) is 3.37. The van der Waals surface area contributed by atoms with Gasteiger partial charge in [0.2, 0.25) is 0 Å². The summed E-state index contributed by atoms with van der Waals surface area (Å²) in [4.78, 5) is 12.0. The Morgan fingerprint density at radius 2 is 2.11 bits per heavy atom. The van der Waals surface area contributed by atoms with Crippen LogP contribution in [0.2, 0.25) is 5.02 Å². The summed E-state index contributed by atoms with van der Waals surface area (Å²) >= 11 is 5.90. The maximum Gasteiger partial charge on any atom is 0.253 e. The summed E-state index contributed by atoms with van der Waals surface area (Å²) < 4.78 is 0. The number of nitrogen functional groups attached to an aromatic ring is 1. The molecule has 0 fully saturated rings. The molecule has 0 saturated heterocycles. The van der Waals surface area contributed by atoms with Gasteiger partial charge < -0.3 is 11.1 Å². The molecule has 0 radical (unpaired) electrons. The molecule has 100 valence electrons. The number of carbonyl (C=O) groups excluding carboxylic acids is 1. The smallest absolute Gasteiger partial charge is 0.253 e. The van der Waals surface area contributed by atoms with E-state index in [1.165, 1.54) is 0 Å². The fourth-order valence-corrected chi connectivity index (χ4v) is 2.04. The van der Waals surface area contributed by atoms with Crippen LogP contribution in [0.25, 0.3) is 0 Å². The van der Waals surface area contributed by atoms with E-state index in [1.807, 2.05) is 6.92 Å². The number of rotatable bonds is 5. The zero-order valence-electron chi connectivity index (χ0n) is 11.2. The number of halogens is 1. The number of benzene rings is 1. The molecule has 1 aromatic carbocycles. The van der Waals surface area contributed by atoms with E-state index in [0.29, 0.717) is 22.2 Å². The highest BCUT2D eigenvalue weighted by atomic mass is 35.5. The lowest BCUT2D eigenvalue weighted by atomic mass is 10.00. The number of nitrogens with two attached hydrogens (primary N) is 1. The van der Waals surface area contributed by atoms with Crippen LogP contribution in [0.3, 0.4) is 0 Å². The molecule has 0 bridgehead atoms. The fourth-order valence-electron chi connectivity index (χ4n) is 1.87. The van der Waals surface area contributed by atoms with E-state index in [9.17, 15) is 4.79 Å². The van der Waals surface area contributed by atoms with Gasteiger partial charge in [0.05, 0.1) is 16.3 Å². The minimum absolute atomic E-state index is 0.130. The molecular formula is C14H21ClN2O. The van der Waals surface area contributed by atoms with Gasteiger partial charge in [-0.3, -0.25) is 4.79 Å². The maximum absolute atomic E-state index is 12.0. The standard InChI is InChI=1S/C14H21ClN2O/c1-4-9(2)8-10(3)17-14(18)11-6-5-7-12(15)13(11)16/h5-7,9-10H,4,8,16H2,1-3H3,(H,17,18). The lowest BCUT2D eigenvalue weighted by Crippen LogP contribution is -2.34. The van der Waals surface area contributed by atoms with Gasteiger partial charge in [0.25, 0.3) is 5.91 Å². The molecule has 1 amide bonds. The lowest BCUT2D eigenvalue weighted by Gasteiger charge is -2.18. The van der Waals surface area contributed by atoms with E-state index in [-0.39, 0.29) is 11.9 Å². The van der Waals surface area contributed by atoms with Crippen LogP contribution in [0.1, 0.15) is 44.0 Å². The van der Waals surface area contributed by atoms with E-state index in [4.69, 9.17) is 17.3 Å². The minimum atomic E-state index is -0.161. The Balaban J connectivity index is 2.68. The molecule has 2 atom stereocenters. The molecule has 0 aromatic heterocycles. The van der Waals surface area contributed by atoms with Crippen molar-refractivity contribution in [3.63, 3.8) is 0 Å². The SMILES string of the molecule is CCC(C)CC(C)NC(=O)c1cccc(Cl)c1N. The molecule has 0 aliphatic carbocycles. The number of para-hydroxylation sites is 1. The van der Waals surface area contributed by atoms with Crippen molar-refractivity contribution in [1.29, 1.82) is 0 Å². The van der Waals surface area contributed by atoms with Gasteiger partial charge in [-0.2, -0.15) is 0 Å². The molecule has 0 aliphatic heterocycles. The second kappa shape index (κ2) is 6.64. The van der Waals surface area contributed by atoms with Gasteiger partial charge >= 0.3 is 0 Å². The highest BCUT2D eigenvalue weighted by molar-refractivity contribution is 6.33. The van der Waals surface area contributed by atoms with Gasteiger partial charge in [-0.05, 0) is 31.4 Å². The first-order valence-electron chi connectivity index (χ1n) is 6.30. The van der Waals surface area contributed by atoms with Crippen LogP contribution in [0.4, 0.5) is 5.69 Å². The van der Waals surface area contributed by atoms with Crippen molar-refractivity contribution < 1.29 is 4.79 Å². The molecule has 4 heteroatoms. The first-order chi connectivity index (χ1) is 8.45. The van der Waals surface area contributed by atoms with Crippen molar-refractivity contribution in [1.82, 2.24) is 5.32 Å². The van der Waals surface area contributed by atoms with E-state index in [1.54, 1.807) is 18.2 Å². The van der Waals surface area contributed by atoms with Crippen molar-refractivity contribution in [3.8, 4) is 0 Å². The van der Waals surface area contributed by atoms with Crippen LogP contribution in [-0.2, 0) is 0 Å². The third kappa shape index (κ3) is 3.91. The Labute approximate surface area is 114 Å².